The third-order valence-electron chi connectivity index (χ3n) is 7.48. The van der Waals surface area contributed by atoms with Crippen LogP contribution in [0.2, 0.25) is 0 Å². The van der Waals surface area contributed by atoms with Crippen molar-refractivity contribution in [3.05, 3.63) is 100 Å². The molecule has 5 nitrogen and oxygen atoms in total. The summed E-state index contributed by atoms with van der Waals surface area (Å²) < 4.78 is 32.1. The maximum atomic E-state index is 13.9. The van der Waals surface area contributed by atoms with Gasteiger partial charge in [0.1, 0.15) is 0 Å². The summed E-state index contributed by atoms with van der Waals surface area (Å²) >= 11 is 0. The standard InChI is InChI=1S/C29H28F2N2O3/c1-19-3-10-26-23(15-19)29(18-33(26)27(34)22-8-9-24(30)25(31)16-22)11-13-32(14-12-29)17-20-4-6-21(7-5-20)28(35)36-2/h3-10,15-16H,11-14,17-18H2,1-2H3. The van der Waals surface area contributed by atoms with E-state index < -0.39 is 11.6 Å². The van der Waals surface area contributed by atoms with E-state index in [4.69, 9.17) is 4.74 Å². The van der Waals surface area contributed by atoms with Gasteiger partial charge in [0.2, 0.25) is 0 Å². The summed E-state index contributed by atoms with van der Waals surface area (Å²) in [6, 6.07) is 16.9. The number of methoxy groups -OCH3 is 1. The van der Waals surface area contributed by atoms with Crippen LogP contribution in [-0.4, -0.2) is 43.5 Å². The average molecular weight is 491 g/mol. The van der Waals surface area contributed by atoms with Crippen LogP contribution in [0.4, 0.5) is 14.5 Å². The van der Waals surface area contributed by atoms with Gasteiger partial charge in [0.25, 0.3) is 5.91 Å². The third kappa shape index (κ3) is 4.39. The van der Waals surface area contributed by atoms with Gasteiger partial charge in [-0.25, -0.2) is 13.6 Å². The van der Waals surface area contributed by atoms with Crippen molar-refractivity contribution in [2.24, 2.45) is 0 Å². The number of carbonyl (C=O) groups excluding carboxylic acids is 2. The number of carbonyl (C=O) groups is 2. The Labute approximate surface area is 209 Å². The Bertz CT molecular complexity index is 1310. The second-order valence-corrected chi connectivity index (χ2v) is 9.79. The molecule has 2 aliphatic heterocycles. The molecule has 5 rings (SSSR count). The molecule has 0 N–H and O–H groups in total. The molecular weight excluding hydrogens is 462 g/mol. The van der Waals surface area contributed by atoms with E-state index in [1.165, 1.54) is 13.2 Å². The van der Waals surface area contributed by atoms with Crippen LogP contribution in [0, 0.1) is 18.6 Å². The summed E-state index contributed by atoms with van der Waals surface area (Å²) in [7, 11) is 1.37. The SMILES string of the molecule is COC(=O)c1ccc(CN2CCC3(CC2)CN(C(=O)c2ccc(F)c(F)c2)c2ccc(C)cc23)cc1. The van der Waals surface area contributed by atoms with E-state index >= 15 is 0 Å². The van der Waals surface area contributed by atoms with Gasteiger partial charge in [-0.1, -0.05) is 29.8 Å². The maximum absolute atomic E-state index is 13.9. The molecule has 0 aliphatic carbocycles. The molecule has 1 fully saturated rings. The van der Waals surface area contributed by atoms with Crippen molar-refractivity contribution >= 4 is 17.6 Å². The molecule has 1 saturated heterocycles. The van der Waals surface area contributed by atoms with Gasteiger partial charge in [-0.2, -0.15) is 0 Å². The van der Waals surface area contributed by atoms with Crippen molar-refractivity contribution in [3.8, 4) is 0 Å². The first-order valence-electron chi connectivity index (χ1n) is 12.1. The van der Waals surface area contributed by atoms with Crippen LogP contribution in [0.3, 0.4) is 0 Å². The fourth-order valence-electron chi connectivity index (χ4n) is 5.44. The van der Waals surface area contributed by atoms with Crippen molar-refractivity contribution in [1.82, 2.24) is 4.90 Å². The van der Waals surface area contributed by atoms with Gasteiger partial charge < -0.3 is 9.64 Å². The van der Waals surface area contributed by atoms with Crippen LogP contribution in [0.5, 0.6) is 0 Å². The van der Waals surface area contributed by atoms with E-state index in [1.54, 1.807) is 17.0 Å². The zero-order chi connectivity index (χ0) is 25.4. The molecule has 7 heteroatoms. The Balaban J connectivity index is 1.34. The molecule has 2 aliphatic rings. The maximum Gasteiger partial charge on any atom is 0.337 e. The number of amides is 1. The zero-order valence-electron chi connectivity index (χ0n) is 20.4. The predicted octanol–water partition coefficient (Wildman–Crippen LogP) is 5.25. The zero-order valence-corrected chi connectivity index (χ0v) is 20.4. The molecule has 0 unspecified atom stereocenters. The van der Waals surface area contributed by atoms with Crippen molar-refractivity contribution in [3.63, 3.8) is 0 Å². The number of rotatable bonds is 4. The number of benzene rings is 3. The van der Waals surface area contributed by atoms with Crippen LogP contribution < -0.4 is 4.90 Å². The molecule has 1 spiro atoms. The lowest BCUT2D eigenvalue weighted by Gasteiger charge is -2.40. The minimum Gasteiger partial charge on any atom is -0.465 e. The molecule has 0 saturated carbocycles. The van der Waals surface area contributed by atoms with Crippen molar-refractivity contribution in [1.29, 1.82) is 0 Å². The summed E-state index contributed by atoms with van der Waals surface area (Å²) in [5.41, 5.74) is 4.75. The van der Waals surface area contributed by atoms with E-state index in [-0.39, 0.29) is 22.9 Å². The first-order valence-corrected chi connectivity index (χ1v) is 12.1. The van der Waals surface area contributed by atoms with Crippen LogP contribution in [0.25, 0.3) is 0 Å². The van der Waals surface area contributed by atoms with Gasteiger partial charge in [0, 0.05) is 29.8 Å². The summed E-state index contributed by atoms with van der Waals surface area (Å²) in [5.74, 6) is -2.65. The predicted molar refractivity (Wildman–Crippen MR) is 133 cm³/mol. The lowest BCUT2D eigenvalue weighted by atomic mass is 9.74. The topological polar surface area (TPSA) is 49.9 Å². The number of esters is 1. The quantitative estimate of drug-likeness (QED) is 0.469. The number of ether oxygens (including phenoxy) is 1. The first kappa shape index (κ1) is 24.1. The highest BCUT2D eigenvalue weighted by molar-refractivity contribution is 6.07. The molecule has 0 radical (unpaired) electrons. The molecule has 0 atom stereocenters. The van der Waals surface area contributed by atoms with E-state index in [9.17, 15) is 18.4 Å². The number of fused-ring (bicyclic) bond motifs is 2. The van der Waals surface area contributed by atoms with Crippen LogP contribution >= 0.6 is 0 Å². The molecule has 3 aromatic carbocycles. The summed E-state index contributed by atoms with van der Waals surface area (Å²) in [6.07, 6.45) is 1.76. The average Bonchev–Trinajstić information content (AvgIpc) is 3.19. The third-order valence-corrected chi connectivity index (χ3v) is 7.48. The minimum absolute atomic E-state index is 0.144. The molecule has 3 aromatic rings. The van der Waals surface area contributed by atoms with Crippen LogP contribution in [-0.2, 0) is 16.7 Å². The van der Waals surface area contributed by atoms with Gasteiger partial charge in [-0.3, -0.25) is 9.69 Å². The summed E-state index contributed by atoms with van der Waals surface area (Å²) in [6.45, 7) is 5.06. The summed E-state index contributed by atoms with van der Waals surface area (Å²) in [5, 5.41) is 0. The first-order chi connectivity index (χ1) is 17.3. The number of likely N-dealkylation sites (tertiary alicyclic amines) is 1. The van der Waals surface area contributed by atoms with E-state index in [1.807, 2.05) is 31.2 Å². The highest BCUT2D eigenvalue weighted by atomic mass is 19.2. The van der Waals surface area contributed by atoms with Gasteiger partial charge in [-0.05, 0) is 80.4 Å². The highest BCUT2D eigenvalue weighted by Crippen LogP contribution is 2.48. The van der Waals surface area contributed by atoms with E-state index in [0.29, 0.717) is 12.1 Å². The molecule has 36 heavy (non-hydrogen) atoms. The smallest absolute Gasteiger partial charge is 0.337 e. The Morgan fingerprint density at radius 2 is 1.61 bits per heavy atom. The Kier molecular flexibility index (Phi) is 6.35. The van der Waals surface area contributed by atoms with Crippen molar-refractivity contribution < 1.29 is 23.1 Å². The van der Waals surface area contributed by atoms with Crippen LogP contribution in [0.15, 0.2) is 60.7 Å². The highest BCUT2D eigenvalue weighted by Gasteiger charge is 2.46. The van der Waals surface area contributed by atoms with E-state index in [0.717, 1.165) is 67.0 Å². The molecule has 2 heterocycles. The fraction of sp³-hybridized carbons (Fsp3) is 0.310. The number of hydrogen-bond donors (Lipinski definition) is 0. The summed E-state index contributed by atoms with van der Waals surface area (Å²) in [4.78, 5) is 29.2. The van der Waals surface area contributed by atoms with E-state index in [2.05, 4.69) is 11.0 Å². The second kappa shape index (κ2) is 9.47. The Morgan fingerprint density at radius 1 is 0.917 bits per heavy atom. The van der Waals surface area contributed by atoms with Crippen molar-refractivity contribution in [2.75, 3.05) is 31.6 Å². The van der Waals surface area contributed by atoms with Gasteiger partial charge in [0.05, 0.1) is 12.7 Å². The molecule has 0 aromatic heterocycles. The molecule has 0 bridgehead atoms. The fourth-order valence-corrected chi connectivity index (χ4v) is 5.44. The Morgan fingerprint density at radius 3 is 2.28 bits per heavy atom. The normalized spacial score (nSPS) is 16.7. The number of halogens is 2. The molecule has 1 amide bonds. The molecular formula is C29H28F2N2O3. The Hall–Kier alpha value is -3.58. The van der Waals surface area contributed by atoms with Gasteiger partial charge in [-0.15, -0.1) is 0 Å². The second-order valence-electron chi connectivity index (χ2n) is 9.79. The number of nitrogens with zero attached hydrogens (tertiary/aromatic N) is 2. The molecule has 186 valence electrons. The monoisotopic (exact) mass is 490 g/mol. The number of aryl methyl sites for hydroxylation is 1. The number of piperidine rings is 1. The lowest BCUT2D eigenvalue weighted by Crippen LogP contribution is -2.45. The largest absolute Gasteiger partial charge is 0.465 e. The number of anilines is 1. The van der Waals surface area contributed by atoms with Gasteiger partial charge >= 0.3 is 5.97 Å². The van der Waals surface area contributed by atoms with Crippen LogP contribution in [0.1, 0.15) is 50.2 Å². The number of hydrogen-bond acceptors (Lipinski definition) is 4. The lowest BCUT2D eigenvalue weighted by molar-refractivity contribution is 0.0600. The van der Waals surface area contributed by atoms with Crippen molar-refractivity contribution in [2.45, 2.75) is 31.7 Å². The minimum atomic E-state index is -1.02. The van der Waals surface area contributed by atoms with Gasteiger partial charge in [0.15, 0.2) is 11.6 Å².